The van der Waals surface area contributed by atoms with E-state index in [4.69, 9.17) is 34.9 Å². The van der Waals surface area contributed by atoms with Crippen LogP contribution in [0.15, 0.2) is 274 Å². The van der Waals surface area contributed by atoms with Crippen molar-refractivity contribution in [2.24, 2.45) is 14.1 Å². The first kappa shape index (κ1) is 76.3. The van der Waals surface area contributed by atoms with E-state index in [1.807, 2.05) is 218 Å². The minimum absolute atomic E-state index is 0.0785. The molecule has 0 saturated heterocycles. The van der Waals surface area contributed by atoms with Crippen molar-refractivity contribution >= 4 is 22.6 Å². The van der Waals surface area contributed by atoms with Crippen LogP contribution in [0.25, 0.3) is 67.6 Å². The Morgan fingerprint density at radius 2 is 0.624 bits per heavy atom. The molecule has 0 amide bonds. The maximum absolute atomic E-state index is 11.0. The van der Waals surface area contributed by atoms with Crippen LogP contribution in [0.4, 0.5) is 0 Å². The second-order valence-corrected chi connectivity index (χ2v) is 29.5. The van der Waals surface area contributed by atoms with Crippen LogP contribution < -0.4 is 0 Å². The average Bonchev–Trinajstić information content (AvgIpc) is 1.63. The molecule has 1 fully saturated rings. The summed E-state index contributed by atoms with van der Waals surface area (Å²) in [7, 11) is 3.85. The lowest BCUT2D eigenvalue weighted by Crippen LogP contribution is -2.03. The third-order valence-electron chi connectivity index (χ3n) is 21.0. The maximum Gasteiger partial charge on any atom is 0.219 e. The van der Waals surface area contributed by atoms with Crippen molar-refractivity contribution in [1.29, 1.82) is 0 Å². The first-order valence-corrected chi connectivity index (χ1v) is 38.9. The molecule has 1 aliphatic rings. The van der Waals surface area contributed by atoms with Crippen LogP contribution in [0.5, 0.6) is 40.8 Å². The van der Waals surface area contributed by atoms with Gasteiger partial charge in [-0.3, -0.25) is 17.6 Å². The van der Waals surface area contributed by atoms with Gasteiger partial charge in [-0.25, -0.2) is 49.8 Å². The molecular weight excluding hydrogens is 1470 g/mol. The Labute approximate surface area is 674 Å². The van der Waals surface area contributed by atoms with Gasteiger partial charge in [0.2, 0.25) is 23.5 Å². The highest BCUT2D eigenvalue weighted by Gasteiger charge is 2.28. The number of aromatic hydroxyl groups is 7. The lowest BCUT2D eigenvalue weighted by molar-refractivity contribution is 0.441. The number of hydrogen-bond donors (Lipinski definition) is 7. The fraction of sp³-hybridized carbons (Fsp3) is 0.170. The molecule has 117 heavy (non-hydrogen) atoms. The van der Waals surface area contributed by atoms with Crippen LogP contribution >= 0.6 is 0 Å². The Morgan fingerprint density at radius 1 is 0.316 bits per heavy atom. The molecule has 0 bridgehead atoms. The fourth-order valence-corrected chi connectivity index (χ4v) is 14.7. The molecule has 0 unspecified atom stereocenters. The van der Waals surface area contributed by atoms with Crippen molar-refractivity contribution in [1.82, 2.24) is 76.6 Å². The molecule has 7 N–H and O–H groups in total. The molecule has 23 nitrogen and oxygen atoms in total. The van der Waals surface area contributed by atoms with E-state index in [1.54, 1.807) is 84.7 Å². The second kappa shape index (κ2) is 33.9. The van der Waals surface area contributed by atoms with Gasteiger partial charge in [0.05, 0.1) is 58.4 Å². The van der Waals surface area contributed by atoms with Gasteiger partial charge >= 0.3 is 0 Å². The second-order valence-electron chi connectivity index (χ2n) is 29.5. The van der Waals surface area contributed by atoms with Crippen LogP contribution in [0, 0.1) is 0 Å². The minimum Gasteiger partial charge on any atom is -0.508 e. The monoisotopic (exact) mass is 1550 g/mol. The number of benzene rings is 8. The van der Waals surface area contributed by atoms with Crippen molar-refractivity contribution in [3.05, 3.63) is 353 Å². The molecule has 0 spiro atoms. The maximum atomic E-state index is 11.0. The van der Waals surface area contributed by atoms with Crippen LogP contribution in [0.2, 0.25) is 0 Å². The molecule has 10 aromatic heterocycles. The Hall–Kier alpha value is -14.7. The van der Waals surface area contributed by atoms with E-state index in [-0.39, 0.29) is 46.7 Å². The van der Waals surface area contributed by atoms with Gasteiger partial charge in [-0.05, 0) is 89.5 Å². The quantitative estimate of drug-likeness (QED) is 0.0420. The SMILES string of the molecule is CC(C)c1nc(-c2ccccc2)cn2c(O)c(Cc3ccc(O)cc3)nc12.Cn1ccnc1Cc1nc2c(Cc3ccccc3)nc(-c3ccc(O)cc3)cn2c1O.Cn1ccnc1Cc1nc2c(Cc3ccccc3)nc(-c3ccccc3)cn2c1O.Oc1ccc(Cc2nc3c(C4CCCC4)nc(-c4ccccc4)cn3c2O)cc1. The van der Waals surface area contributed by atoms with Crippen LogP contribution in [0.3, 0.4) is 0 Å². The summed E-state index contributed by atoms with van der Waals surface area (Å²) in [5.74, 6) is 3.33. The highest BCUT2D eigenvalue weighted by Crippen LogP contribution is 2.39. The zero-order chi connectivity index (χ0) is 80.6. The summed E-state index contributed by atoms with van der Waals surface area (Å²) in [4.78, 5) is 47.3. The highest BCUT2D eigenvalue weighted by molar-refractivity contribution is 5.68. The summed E-state index contributed by atoms with van der Waals surface area (Å²) in [5.41, 5.74) is 19.7. The molecule has 584 valence electrons. The molecular formula is C94H86N16O7. The third-order valence-corrected chi connectivity index (χ3v) is 21.0. The first-order valence-electron chi connectivity index (χ1n) is 38.9. The van der Waals surface area contributed by atoms with Crippen molar-refractivity contribution in [2.75, 3.05) is 0 Å². The van der Waals surface area contributed by atoms with Gasteiger partial charge in [-0.2, -0.15) is 0 Å². The summed E-state index contributed by atoms with van der Waals surface area (Å²) < 4.78 is 10.8. The summed E-state index contributed by atoms with van der Waals surface area (Å²) in [5, 5.41) is 72.3. The van der Waals surface area contributed by atoms with E-state index < -0.39 is 0 Å². The molecule has 0 radical (unpaired) electrons. The molecule has 10 heterocycles. The van der Waals surface area contributed by atoms with Crippen molar-refractivity contribution in [3.8, 4) is 85.8 Å². The summed E-state index contributed by atoms with van der Waals surface area (Å²) >= 11 is 0. The van der Waals surface area contributed by atoms with Gasteiger partial charge in [0, 0.05) is 118 Å². The Balaban J connectivity index is 0.000000117. The Morgan fingerprint density at radius 3 is 1.01 bits per heavy atom. The smallest absolute Gasteiger partial charge is 0.219 e. The van der Waals surface area contributed by atoms with Gasteiger partial charge in [-0.1, -0.05) is 203 Å². The number of phenols is 3. The van der Waals surface area contributed by atoms with E-state index in [1.165, 1.54) is 12.8 Å². The molecule has 1 saturated carbocycles. The van der Waals surface area contributed by atoms with Gasteiger partial charge in [-0.15, -0.1) is 0 Å². The summed E-state index contributed by atoms with van der Waals surface area (Å²) in [6.45, 7) is 4.14. The van der Waals surface area contributed by atoms with E-state index in [9.17, 15) is 35.7 Å². The third kappa shape index (κ3) is 17.0. The van der Waals surface area contributed by atoms with Crippen LogP contribution in [-0.2, 0) is 52.6 Å². The largest absolute Gasteiger partial charge is 0.508 e. The molecule has 23 heteroatoms. The Bertz CT molecular complexity index is 6460. The molecule has 0 aliphatic heterocycles. The minimum atomic E-state index is 0.0785. The topological polar surface area (TPSA) is 298 Å². The van der Waals surface area contributed by atoms with Crippen molar-refractivity contribution in [2.45, 2.75) is 89.9 Å². The number of fused-ring (bicyclic) bond motifs is 4. The standard InChI is InChI=1S/C24H21N5O2.C24H21N5O.C24H23N3O2.C22H21N3O2/c1-28-12-11-25-22(28)14-20-24(31)29-15-21(17-7-9-18(30)10-8-17)26-19(23(29)27-20)13-16-5-3-2-4-6-16;1-28-13-12-25-22(28)15-20-24(30)29-16-21(18-10-6-3-7-11-18)26-19(23(29)27-20)14-17-8-4-2-5-9-17;28-19-12-10-16(11-13-19)14-20-24(29)27-15-21(17-6-2-1-3-7-17)25-22(23(27)26-20)18-8-4-5-9-18;1-14(2)20-21-24-18(12-15-8-10-17(26)11-9-15)22(27)25(21)13-19(23-20)16-6-4-3-5-7-16/h2-12,15,30-31H,13-14H2,1H3;2-13,16,30H,14-15H2,1H3;1-3,6-7,10-13,15,18,28-29H,4-5,8-9,14H2;3-11,13-14,26-27H,12H2,1-2H3. The number of aryl methyl sites for hydroxylation is 2. The average molecular weight is 1550 g/mol. The Kier molecular flexibility index (Phi) is 22.1. The fourth-order valence-electron chi connectivity index (χ4n) is 14.7. The predicted octanol–water partition coefficient (Wildman–Crippen LogP) is 17.3. The van der Waals surface area contributed by atoms with E-state index in [0.717, 1.165) is 115 Å². The number of aromatic nitrogens is 16. The van der Waals surface area contributed by atoms with Crippen molar-refractivity contribution in [3.63, 3.8) is 0 Å². The highest BCUT2D eigenvalue weighted by atomic mass is 16.3. The van der Waals surface area contributed by atoms with E-state index in [2.05, 4.69) is 40.9 Å². The lowest BCUT2D eigenvalue weighted by Gasteiger charge is -2.12. The molecule has 8 aromatic carbocycles. The number of hydrogen-bond acceptors (Lipinski definition) is 17. The molecule has 0 atom stereocenters. The first-order chi connectivity index (χ1) is 57.0. The van der Waals surface area contributed by atoms with E-state index in [0.29, 0.717) is 89.9 Å². The van der Waals surface area contributed by atoms with Crippen LogP contribution in [-0.4, -0.2) is 112 Å². The summed E-state index contributed by atoms with van der Waals surface area (Å²) in [6.07, 6.45) is 22.3. The normalized spacial score (nSPS) is 12.1. The number of rotatable bonds is 18. The zero-order valence-electron chi connectivity index (χ0n) is 65.0. The summed E-state index contributed by atoms with van der Waals surface area (Å²) in [6, 6.07) is 71.0. The molecule has 19 rings (SSSR count). The van der Waals surface area contributed by atoms with E-state index >= 15 is 0 Å². The predicted molar refractivity (Wildman–Crippen MR) is 450 cm³/mol. The van der Waals surface area contributed by atoms with Crippen LogP contribution in [0.1, 0.15) is 131 Å². The van der Waals surface area contributed by atoms with Gasteiger partial charge < -0.3 is 44.9 Å². The zero-order valence-corrected chi connectivity index (χ0v) is 65.0. The number of nitrogens with zero attached hydrogens (tertiary/aromatic N) is 16. The number of phenolic OH excluding ortho intramolecular Hbond substituents is 3. The number of imidazole rings is 6. The van der Waals surface area contributed by atoms with Gasteiger partial charge in [0.15, 0.2) is 22.6 Å². The van der Waals surface area contributed by atoms with Gasteiger partial charge in [0.25, 0.3) is 0 Å². The van der Waals surface area contributed by atoms with Crippen molar-refractivity contribution < 1.29 is 35.7 Å². The van der Waals surface area contributed by atoms with Gasteiger partial charge in [0.1, 0.15) is 51.7 Å². The molecule has 1 aliphatic carbocycles. The lowest BCUT2D eigenvalue weighted by atomic mass is 10.0. The molecule has 18 aromatic rings.